The zero-order valence-corrected chi connectivity index (χ0v) is 12.9. The molecular formula is C16H26N2O2. The second-order valence-electron chi connectivity index (χ2n) is 5.14. The van der Waals surface area contributed by atoms with Crippen molar-refractivity contribution in [3.05, 3.63) is 29.8 Å². The van der Waals surface area contributed by atoms with Gasteiger partial charge in [-0.15, -0.1) is 0 Å². The van der Waals surface area contributed by atoms with Crippen LogP contribution in [-0.4, -0.2) is 32.1 Å². The Hall–Kier alpha value is -1.55. The van der Waals surface area contributed by atoms with Crippen LogP contribution in [0, 0.1) is 0 Å². The molecule has 4 nitrogen and oxygen atoms in total. The number of hydrogen-bond donors (Lipinski definition) is 2. The van der Waals surface area contributed by atoms with Gasteiger partial charge >= 0.3 is 0 Å². The molecule has 0 heterocycles. The number of likely N-dealkylation sites (N-methyl/N-ethyl adjacent to an activating group) is 1. The lowest BCUT2D eigenvalue weighted by atomic mass is 9.97. The van der Waals surface area contributed by atoms with Gasteiger partial charge in [0.15, 0.2) is 0 Å². The Morgan fingerprint density at radius 2 is 1.90 bits per heavy atom. The Morgan fingerprint density at radius 1 is 1.25 bits per heavy atom. The van der Waals surface area contributed by atoms with Crippen molar-refractivity contribution in [2.45, 2.75) is 39.2 Å². The maximum absolute atomic E-state index is 11.9. The lowest BCUT2D eigenvalue weighted by Crippen LogP contribution is -2.39. The molecule has 2 atom stereocenters. The summed E-state index contributed by atoms with van der Waals surface area (Å²) < 4.78 is 5.13. The largest absolute Gasteiger partial charge is 0.497 e. The zero-order valence-electron chi connectivity index (χ0n) is 12.9. The van der Waals surface area contributed by atoms with Gasteiger partial charge in [0.25, 0.3) is 0 Å². The number of methoxy groups -OCH3 is 1. The predicted octanol–water partition coefficient (Wildman–Crippen LogP) is 2.30. The van der Waals surface area contributed by atoms with Crippen molar-refractivity contribution in [1.29, 1.82) is 0 Å². The molecule has 4 heteroatoms. The van der Waals surface area contributed by atoms with E-state index < -0.39 is 0 Å². The molecule has 0 radical (unpaired) electrons. The van der Waals surface area contributed by atoms with Crippen molar-refractivity contribution in [1.82, 2.24) is 10.6 Å². The average Bonchev–Trinajstić information content (AvgIpc) is 2.45. The van der Waals surface area contributed by atoms with Crippen LogP contribution in [0.2, 0.25) is 0 Å². The van der Waals surface area contributed by atoms with Gasteiger partial charge in [-0.2, -0.15) is 0 Å². The number of nitrogens with one attached hydrogen (secondary N) is 2. The van der Waals surface area contributed by atoms with Crippen LogP contribution in [0.1, 0.15) is 38.7 Å². The van der Waals surface area contributed by atoms with E-state index in [9.17, 15) is 4.79 Å². The highest BCUT2D eigenvalue weighted by Gasteiger charge is 2.12. The second-order valence-corrected chi connectivity index (χ2v) is 5.14. The molecule has 1 amide bonds. The topological polar surface area (TPSA) is 50.4 Å². The van der Waals surface area contributed by atoms with Crippen LogP contribution in [0.4, 0.5) is 0 Å². The van der Waals surface area contributed by atoms with Crippen LogP contribution in [0.15, 0.2) is 24.3 Å². The summed E-state index contributed by atoms with van der Waals surface area (Å²) in [5.41, 5.74) is 1.15. The first-order chi connectivity index (χ1) is 9.56. The number of rotatable bonds is 8. The molecule has 112 valence electrons. The fourth-order valence-corrected chi connectivity index (χ4v) is 2.09. The molecule has 0 aliphatic carbocycles. The minimum absolute atomic E-state index is 0.0954. The molecule has 20 heavy (non-hydrogen) atoms. The molecule has 1 unspecified atom stereocenters. The third-order valence-corrected chi connectivity index (χ3v) is 3.33. The van der Waals surface area contributed by atoms with Crippen molar-refractivity contribution >= 4 is 5.91 Å². The van der Waals surface area contributed by atoms with Crippen molar-refractivity contribution in [2.24, 2.45) is 0 Å². The molecule has 0 spiro atoms. The molecule has 1 aromatic carbocycles. The minimum Gasteiger partial charge on any atom is -0.497 e. The molecule has 0 aromatic heterocycles. The van der Waals surface area contributed by atoms with Gasteiger partial charge in [-0.3, -0.25) is 4.79 Å². The van der Waals surface area contributed by atoms with Crippen molar-refractivity contribution in [3.8, 4) is 5.75 Å². The van der Waals surface area contributed by atoms with Crippen LogP contribution < -0.4 is 15.4 Å². The highest BCUT2D eigenvalue weighted by atomic mass is 16.5. The van der Waals surface area contributed by atoms with E-state index >= 15 is 0 Å². The van der Waals surface area contributed by atoms with Gasteiger partial charge in [-0.1, -0.05) is 26.0 Å². The Kier molecular flexibility index (Phi) is 7.09. The lowest BCUT2D eigenvalue weighted by Gasteiger charge is -2.15. The molecular weight excluding hydrogens is 252 g/mol. The number of benzene rings is 1. The molecule has 0 aliphatic heterocycles. The molecule has 1 rings (SSSR count). The predicted molar refractivity (Wildman–Crippen MR) is 82.2 cm³/mol. The van der Waals surface area contributed by atoms with Crippen LogP contribution in [-0.2, 0) is 4.79 Å². The summed E-state index contributed by atoms with van der Waals surface area (Å²) in [4.78, 5) is 11.9. The van der Waals surface area contributed by atoms with Gasteiger partial charge in [-0.05, 0) is 37.1 Å². The molecule has 0 fully saturated rings. The Balaban J connectivity index is 2.40. The van der Waals surface area contributed by atoms with Gasteiger partial charge in [-0.25, -0.2) is 0 Å². The summed E-state index contributed by atoms with van der Waals surface area (Å²) in [6.07, 6.45) is 0.505. The fourth-order valence-electron chi connectivity index (χ4n) is 2.09. The number of hydrogen-bond acceptors (Lipinski definition) is 3. The Labute approximate surface area is 121 Å². The van der Waals surface area contributed by atoms with Crippen molar-refractivity contribution in [2.75, 3.05) is 20.2 Å². The summed E-state index contributed by atoms with van der Waals surface area (Å²) in [7, 11) is 1.65. The van der Waals surface area contributed by atoms with Crippen LogP contribution >= 0.6 is 0 Å². The Morgan fingerprint density at radius 3 is 2.45 bits per heavy atom. The van der Waals surface area contributed by atoms with Crippen molar-refractivity contribution < 1.29 is 9.53 Å². The second kappa shape index (κ2) is 8.59. The molecule has 0 bridgehead atoms. The number of carbonyl (C=O) groups excluding carboxylic acids is 1. The summed E-state index contributed by atoms with van der Waals surface area (Å²) in [5.74, 6) is 1.14. The van der Waals surface area contributed by atoms with E-state index in [1.807, 2.05) is 24.3 Å². The van der Waals surface area contributed by atoms with Crippen LogP contribution in [0.25, 0.3) is 0 Å². The molecule has 0 saturated heterocycles. The molecule has 0 saturated carbocycles. The van der Waals surface area contributed by atoms with Gasteiger partial charge in [0.2, 0.25) is 5.91 Å². The van der Waals surface area contributed by atoms with Crippen LogP contribution in [0.3, 0.4) is 0 Å². The van der Waals surface area contributed by atoms with E-state index in [4.69, 9.17) is 4.74 Å². The number of amides is 1. The summed E-state index contributed by atoms with van der Waals surface area (Å²) in [6.45, 7) is 7.77. The molecule has 0 aliphatic rings. The van der Waals surface area contributed by atoms with E-state index in [0.29, 0.717) is 19.0 Å². The third-order valence-electron chi connectivity index (χ3n) is 3.33. The van der Waals surface area contributed by atoms with E-state index in [0.717, 1.165) is 17.9 Å². The monoisotopic (exact) mass is 278 g/mol. The maximum atomic E-state index is 11.9. The van der Waals surface area contributed by atoms with E-state index in [1.54, 1.807) is 7.11 Å². The SMILES string of the molecule is CCN[C@H](C)CNC(=O)CC(C)c1ccc(OC)cc1. The Bertz CT molecular complexity index is 403. The fraction of sp³-hybridized carbons (Fsp3) is 0.562. The van der Waals surface area contributed by atoms with Crippen molar-refractivity contribution in [3.63, 3.8) is 0 Å². The first-order valence-corrected chi connectivity index (χ1v) is 7.20. The lowest BCUT2D eigenvalue weighted by molar-refractivity contribution is -0.121. The van der Waals surface area contributed by atoms with E-state index in [2.05, 4.69) is 31.4 Å². The molecule has 2 N–H and O–H groups in total. The molecule has 1 aromatic rings. The highest BCUT2D eigenvalue weighted by molar-refractivity contribution is 5.76. The van der Waals surface area contributed by atoms with Crippen LogP contribution in [0.5, 0.6) is 5.75 Å². The van der Waals surface area contributed by atoms with Gasteiger partial charge in [0, 0.05) is 19.0 Å². The quantitative estimate of drug-likeness (QED) is 0.767. The average molecular weight is 278 g/mol. The number of ether oxygens (including phenoxy) is 1. The van der Waals surface area contributed by atoms with E-state index in [-0.39, 0.29) is 11.8 Å². The smallest absolute Gasteiger partial charge is 0.220 e. The summed E-state index contributed by atoms with van der Waals surface area (Å²) >= 11 is 0. The zero-order chi connectivity index (χ0) is 15.0. The maximum Gasteiger partial charge on any atom is 0.220 e. The summed E-state index contributed by atoms with van der Waals surface area (Å²) in [5, 5.41) is 6.23. The highest BCUT2D eigenvalue weighted by Crippen LogP contribution is 2.21. The first kappa shape index (κ1) is 16.5. The first-order valence-electron chi connectivity index (χ1n) is 7.20. The standard InChI is InChI=1S/C16H26N2O2/c1-5-17-13(3)11-18-16(19)10-12(2)14-6-8-15(20-4)9-7-14/h6-9,12-13,17H,5,10-11H2,1-4H3,(H,18,19)/t12?,13-/m1/s1. The minimum atomic E-state index is 0.0954. The summed E-state index contributed by atoms with van der Waals surface area (Å²) in [6, 6.07) is 8.18. The van der Waals surface area contributed by atoms with Gasteiger partial charge in [0.1, 0.15) is 5.75 Å². The number of carbonyl (C=O) groups is 1. The normalized spacial score (nSPS) is 13.6. The van der Waals surface area contributed by atoms with Gasteiger partial charge in [0.05, 0.1) is 7.11 Å². The van der Waals surface area contributed by atoms with Gasteiger partial charge < -0.3 is 15.4 Å². The third kappa shape index (κ3) is 5.61. The van der Waals surface area contributed by atoms with E-state index in [1.165, 1.54) is 0 Å².